The van der Waals surface area contributed by atoms with Crippen LogP contribution >= 0.6 is 11.6 Å². The molecule has 0 unspecified atom stereocenters. The summed E-state index contributed by atoms with van der Waals surface area (Å²) in [6, 6.07) is 4.32. The summed E-state index contributed by atoms with van der Waals surface area (Å²) in [5.41, 5.74) is -0.0370. The second kappa shape index (κ2) is 3.45. The van der Waals surface area contributed by atoms with Gasteiger partial charge in [0.15, 0.2) is 0 Å². The normalized spacial score (nSPS) is 9.50. The Morgan fingerprint density at radius 3 is 2.67 bits per heavy atom. The Bertz CT molecular complexity index is 309. The highest BCUT2D eigenvalue weighted by Gasteiger charge is 2.12. The summed E-state index contributed by atoms with van der Waals surface area (Å²) in [6.45, 7) is 0. The maximum Gasteiger partial charge on any atom is 0.390 e. The van der Waals surface area contributed by atoms with Gasteiger partial charge < -0.3 is 4.74 Å². The van der Waals surface area contributed by atoms with E-state index in [0.29, 0.717) is 5.02 Å². The van der Waals surface area contributed by atoms with Crippen LogP contribution in [0.3, 0.4) is 0 Å². The van der Waals surface area contributed by atoms with Gasteiger partial charge in [-0.3, -0.25) is 0 Å². The lowest BCUT2D eigenvalue weighted by atomic mass is 10.2. The highest BCUT2D eigenvalue weighted by Crippen LogP contribution is 2.22. The predicted molar refractivity (Wildman–Crippen MR) is 43.0 cm³/mol. The van der Waals surface area contributed by atoms with Crippen LogP contribution in [0, 0.1) is 0 Å². The van der Waals surface area contributed by atoms with Gasteiger partial charge in [-0.15, -0.1) is 0 Å². The molecule has 63 valence electrons. The van der Waals surface area contributed by atoms with E-state index in [0.717, 1.165) is 0 Å². The average Bonchev–Trinajstić information content (AvgIpc) is 2.04. The van der Waals surface area contributed by atoms with Gasteiger partial charge in [0.25, 0.3) is 0 Å². The lowest BCUT2D eigenvalue weighted by molar-refractivity contribution is 0.0569. The Morgan fingerprint density at radius 2 is 2.17 bits per heavy atom. The van der Waals surface area contributed by atoms with Gasteiger partial charge in [0.1, 0.15) is 11.3 Å². The Kier molecular flexibility index (Phi) is 2.55. The van der Waals surface area contributed by atoms with E-state index in [1.165, 1.54) is 19.2 Å². The minimum atomic E-state index is -1.30. The molecule has 0 bridgehead atoms. The molecule has 4 heteroatoms. The predicted octanol–water partition coefficient (Wildman–Crippen LogP) is 1.92. The molecule has 3 nitrogen and oxygen atoms in total. The standard InChI is InChI=1S/C8H6ClO3/c1-12-7-3-2-5(9)4-6(7)8(10)11/h2-4H,1H3. The fraction of sp³-hybridized carbons (Fsp3) is 0.125. The third kappa shape index (κ3) is 1.68. The van der Waals surface area contributed by atoms with E-state index in [4.69, 9.17) is 16.3 Å². The smallest absolute Gasteiger partial charge is 0.390 e. The van der Waals surface area contributed by atoms with Gasteiger partial charge >= 0.3 is 5.97 Å². The molecular weight excluding hydrogens is 180 g/mol. The zero-order valence-corrected chi connectivity index (χ0v) is 7.09. The van der Waals surface area contributed by atoms with Crippen molar-refractivity contribution in [3.63, 3.8) is 0 Å². The number of benzene rings is 1. The van der Waals surface area contributed by atoms with E-state index in [1.54, 1.807) is 6.07 Å². The summed E-state index contributed by atoms with van der Waals surface area (Å²) in [6.07, 6.45) is 0. The maximum atomic E-state index is 10.5. The molecule has 0 atom stereocenters. The van der Waals surface area contributed by atoms with Crippen molar-refractivity contribution in [1.82, 2.24) is 0 Å². The van der Waals surface area contributed by atoms with E-state index in [-0.39, 0.29) is 11.3 Å². The molecule has 0 aromatic heterocycles. The van der Waals surface area contributed by atoms with Gasteiger partial charge in [-0.25, -0.2) is 9.90 Å². The average molecular weight is 186 g/mol. The van der Waals surface area contributed by atoms with E-state index < -0.39 is 5.97 Å². The third-order valence-electron chi connectivity index (χ3n) is 1.38. The summed E-state index contributed by atoms with van der Waals surface area (Å²) in [4.78, 5) is 10.5. The molecular formula is C8H6ClO3. The summed E-state index contributed by atoms with van der Waals surface area (Å²) in [5, 5.41) is 10.8. The summed E-state index contributed by atoms with van der Waals surface area (Å²) in [5.74, 6) is -1.05. The van der Waals surface area contributed by atoms with Gasteiger partial charge in [-0.2, -0.15) is 0 Å². The molecule has 0 saturated carbocycles. The number of hydrogen-bond donors (Lipinski definition) is 0. The Labute approximate surface area is 74.5 Å². The fourth-order valence-corrected chi connectivity index (χ4v) is 1.01. The number of carbonyl (C=O) groups excluding carboxylic acids is 1. The van der Waals surface area contributed by atoms with Crippen molar-refractivity contribution in [3.8, 4) is 5.75 Å². The minimum absolute atomic E-state index is 0.0370. The van der Waals surface area contributed by atoms with Crippen molar-refractivity contribution in [2.75, 3.05) is 7.11 Å². The highest BCUT2D eigenvalue weighted by molar-refractivity contribution is 6.31. The number of rotatable bonds is 2. The summed E-state index contributed by atoms with van der Waals surface area (Å²) >= 11 is 5.57. The molecule has 0 saturated heterocycles. The van der Waals surface area contributed by atoms with Crippen molar-refractivity contribution in [2.45, 2.75) is 0 Å². The second-order valence-corrected chi connectivity index (χ2v) is 2.57. The van der Waals surface area contributed by atoms with Crippen LogP contribution in [0.5, 0.6) is 5.75 Å². The molecule has 0 amide bonds. The molecule has 12 heavy (non-hydrogen) atoms. The van der Waals surface area contributed by atoms with Crippen LogP contribution in [0.2, 0.25) is 5.02 Å². The molecule has 0 heterocycles. The first kappa shape index (κ1) is 8.87. The maximum absolute atomic E-state index is 10.5. The van der Waals surface area contributed by atoms with Crippen LogP contribution in [0.1, 0.15) is 10.4 Å². The number of carbonyl (C=O) groups is 1. The minimum Gasteiger partial charge on any atom is -0.496 e. The third-order valence-corrected chi connectivity index (χ3v) is 1.62. The van der Waals surface area contributed by atoms with Crippen LogP contribution < -0.4 is 4.74 Å². The van der Waals surface area contributed by atoms with E-state index in [2.05, 4.69) is 0 Å². The van der Waals surface area contributed by atoms with Gasteiger partial charge in [0.05, 0.1) is 7.11 Å². The lowest BCUT2D eigenvalue weighted by Crippen LogP contribution is -1.98. The van der Waals surface area contributed by atoms with Gasteiger partial charge in [-0.1, -0.05) is 11.6 Å². The van der Waals surface area contributed by atoms with Gasteiger partial charge in [0.2, 0.25) is 0 Å². The first-order chi connectivity index (χ1) is 5.65. The van der Waals surface area contributed by atoms with Gasteiger partial charge in [0, 0.05) is 5.02 Å². The van der Waals surface area contributed by atoms with E-state index in [1.807, 2.05) is 0 Å². The van der Waals surface area contributed by atoms with Crippen LogP contribution in [0.15, 0.2) is 18.2 Å². The number of hydrogen-bond acceptors (Lipinski definition) is 2. The zero-order valence-electron chi connectivity index (χ0n) is 6.33. The van der Waals surface area contributed by atoms with Crippen LogP contribution in [0.25, 0.3) is 0 Å². The first-order valence-corrected chi connectivity index (χ1v) is 3.58. The first-order valence-electron chi connectivity index (χ1n) is 3.20. The van der Waals surface area contributed by atoms with Crippen LogP contribution in [-0.2, 0) is 5.11 Å². The van der Waals surface area contributed by atoms with Gasteiger partial charge in [-0.05, 0) is 18.2 Å². The lowest BCUT2D eigenvalue weighted by Gasteiger charge is -2.02. The Hall–Kier alpha value is -1.22. The molecule has 1 radical (unpaired) electrons. The van der Waals surface area contributed by atoms with Crippen LogP contribution in [-0.4, -0.2) is 13.1 Å². The number of ether oxygens (including phenoxy) is 1. The molecule has 0 aliphatic rings. The SMILES string of the molecule is COc1ccc(Cl)cc1C([O])=O. The second-order valence-electron chi connectivity index (χ2n) is 2.13. The molecule has 0 spiro atoms. The Morgan fingerprint density at radius 1 is 1.50 bits per heavy atom. The van der Waals surface area contributed by atoms with E-state index in [9.17, 15) is 9.90 Å². The quantitative estimate of drug-likeness (QED) is 0.707. The zero-order chi connectivity index (χ0) is 9.14. The van der Waals surface area contributed by atoms with Crippen LogP contribution in [0.4, 0.5) is 0 Å². The molecule has 1 aromatic rings. The van der Waals surface area contributed by atoms with Crippen molar-refractivity contribution in [1.29, 1.82) is 0 Å². The largest absolute Gasteiger partial charge is 0.496 e. The fourth-order valence-electron chi connectivity index (χ4n) is 0.840. The molecule has 0 fully saturated rings. The molecule has 0 aliphatic carbocycles. The van der Waals surface area contributed by atoms with Crippen molar-refractivity contribution >= 4 is 17.6 Å². The topological polar surface area (TPSA) is 46.2 Å². The molecule has 1 rings (SSSR count). The number of methoxy groups -OCH3 is 1. The highest BCUT2D eigenvalue weighted by atomic mass is 35.5. The summed E-state index contributed by atoms with van der Waals surface area (Å²) < 4.78 is 4.78. The van der Waals surface area contributed by atoms with Crippen molar-refractivity contribution < 1.29 is 14.6 Å². The molecule has 1 aromatic carbocycles. The molecule has 0 aliphatic heterocycles. The number of halogens is 1. The summed E-state index contributed by atoms with van der Waals surface area (Å²) in [7, 11) is 1.38. The van der Waals surface area contributed by atoms with E-state index >= 15 is 0 Å². The van der Waals surface area contributed by atoms with Crippen molar-refractivity contribution in [3.05, 3.63) is 28.8 Å². The molecule has 0 N–H and O–H groups in total. The van der Waals surface area contributed by atoms with Crippen molar-refractivity contribution in [2.24, 2.45) is 0 Å². The monoisotopic (exact) mass is 185 g/mol. The Balaban J connectivity index is 3.21.